The summed E-state index contributed by atoms with van der Waals surface area (Å²) in [6.45, 7) is 10.8. The molecule has 1 aromatic carbocycles. The van der Waals surface area contributed by atoms with Crippen LogP contribution in [0.2, 0.25) is 0 Å². The van der Waals surface area contributed by atoms with Gasteiger partial charge in [0.25, 0.3) is 0 Å². The summed E-state index contributed by atoms with van der Waals surface area (Å²) < 4.78 is 11.0. The van der Waals surface area contributed by atoms with Crippen molar-refractivity contribution in [3.63, 3.8) is 0 Å². The SMILES string of the molecule is CN=C(NCC(C)(C)SC)NCC(C)(C)c1ccc2c(c1)OCO2. The monoisotopic (exact) mass is 351 g/mol. The maximum absolute atomic E-state index is 5.49. The maximum atomic E-state index is 5.49. The normalized spacial score (nSPS) is 14.7. The largest absolute Gasteiger partial charge is 0.454 e. The highest BCUT2D eigenvalue weighted by Gasteiger charge is 2.24. The van der Waals surface area contributed by atoms with Crippen LogP contribution in [0.25, 0.3) is 0 Å². The number of guanidine groups is 1. The minimum atomic E-state index is -0.0619. The van der Waals surface area contributed by atoms with E-state index < -0.39 is 0 Å². The van der Waals surface area contributed by atoms with Crippen LogP contribution < -0.4 is 20.1 Å². The molecule has 0 spiro atoms. The van der Waals surface area contributed by atoms with Gasteiger partial charge in [0.2, 0.25) is 6.79 Å². The molecule has 1 heterocycles. The number of aliphatic imine (C=N–C) groups is 1. The third kappa shape index (κ3) is 4.72. The lowest BCUT2D eigenvalue weighted by atomic mass is 9.84. The number of benzene rings is 1. The number of rotatable bonds is 6. The highest BCUT2D eigenvalue weighted by molar-refractivity contribution is 7.99. The molecular weight excluding hydrogens is 322 g/mol. The summed E-state index contributed by atoms with van der Waals surface area (Å²) in [5.74, 6) is 2.47. The van der Waals surface area contributed by atoms with Gasteiger partial charge >= 0.3 is 0 Å². The second-order valence-corrected chi connectivity index (χ2v) is 8.71. The maximum Gasteiger partial charge on any atom is 0.231 e. The van der Waals surface area contributed by atoms with Crippen LogP contribution in [0.3, 0.4) is 0 Å². The Morgan fingerprint density at radius 2 is 1.79 bits per heavy atom. The third-order valence-electron chi connectivity index (χ3n) is 4.31. The van der Waals surface area contributed by atoms with Crippen molar-refractivity contribution in [3.05, 3.63) is 23.8 Å². The van der Waals surface area contributed by atoms with Crippen LogP contribution >= 0.6 is 11.8 Å². The van der Waals surface area contributed by atoms with Gasteiger partial charge in [0.1, 0.15) is 0 Å². The van der Waals surface area contributed by atoms with E-state index in [4.69, 9.17) is 9.47 Å². The fourth-order valence-electron chi connectivity index (χ4n) is 2.31. The molecule has 0 atom stereocenters. The van der Waals surface area contributed by atoms with Gasteiger partial charge in [-0.15, -0.1) is 0 Å². The average Bonchev–Trinajstić information content (AvgIpc) is 3.02. The van der Waals surface area contributed by atoms with Crippen LogP contribution in [-0.2, 0) is 5.41 Å². The van der Waals surface area contributed by atoms with Crippen molar-refractivity contribution in [2.75, 3.05) is 33.2 Å². The number of ether oxygens (including phenoxy) is 2. The van der Waals surface area contributed by atoms with Crippen molar-refractivity contribution in [2.45, 2.75) is 37.9 Å². The molecule has 1 aromatic rings. The summed E-state index contributed by atoms with van der Waals surface area (Å²) in [6.07, 6.45) is 2.13. The van der Waals surface area contributed by atoms with Crippen LogP contribution in [0.15, 0.2) is 23.2 Å². The van der Waals surface area contributed by atoms with Gasteiger partial charge in [-0.05, 0) is 37.8 Å². The molecule has 24 heavy (non-hydrogen) atoms. The van der Waals surface area contributed by atoms with E-state index in [0.717, 1.165) is 30.5 Å². The third-order valence-corrected chi connectivity index (χ3v) is 5.56. The lowest BCUT2D eigenvalue weighted by Gasteiger charge is -2.28. The first-order chi connectivity index (χ1) is 11.3. The van der Waals surface area contributed by atoms with Crippen molar-refractivity contribution in [1.29, 1.82) is 0 Å². The van der Waals surface area contributed by atoms with E-state index >= 15 is 0 Å². The second-order valence-electron chi connectivity index (χ2n) is 7.20. The molecule has 134 valence electrons. The first-order valence-electron chi connectivity index (χ1n) is 8.17. The molecule has 0 aromatic heterocycles. The van der Waals surface area contributed by atoms with Gasteiger partial charge in [0.15, 0.2) is 17.5 Å². The van der Waals surface area contributed by atoms with E-state index in [1.165, 1.54) is 5.56 Å². The van der Waals surface area contributed by atoms with Crippen LogP contribution in [0.1, 0.15) is 33.3 Å². The van der Waals surface area contributed by atoms with E-state index in [1.807, 2.05) is 17.8 Å². The summed E-state index contributed by atoms with van der Waals surface area (Å²) in [5.41, 5.74) is 1.15. The van der Waals surface area contributed by atoms with Crippen LogP contribution in [0, 0.1) is 0 Å². The lowest BCUT2D eigenvalue weighted by molar-refractivity contribution is 0.174. The molecule has 0 saturated carbocycles. The Bertz CT molecular complexity index is 600. The fourth-order valence-corrected chi connectivity index (χ4v) is 2.53. The zero-order valence-corrected chi connectivity index (χ0v) is 16.3. The van der Waals surface area contributed by atoms with Gasteiger partial charge in [-0.1, -0.05) is 19.9 Å². The Balaban J connectivity index is 1.96. The Kier molecular flexibility index (Phi) is 5.91. The van der Waals surface area contributed by atoms with Crippen molar-refractivity contribution < 1.29 is 9.47 Å². The van der Waals surface area contributed by atoms with Crippen molar-refractivity contribution in [3.8, 4) is 11.5 Å². The minimum Gasteiger partial charge on any atom is -0.454 e. The predicted molar refractivity (Wildman–Crippen MR) is 103 cm³/mol. The molecule has 2 N–H and O–H groups in total. The number of thioether (sulfide) groups is 1. The molecule has 0 unspecified atom stereocenters. The Morgan fingerprint density at radius 1 is 1.12 bits per heavy atom. The smallest absolute Gasteiger partial charge is 0.231 e. The number of hydrogen-bond donors (Lipinski definition) is 2. The zero-order chi connectivity index (χ0) is 17.8. The molecular formula is C18H29N3O2S. The summed E-state index contributed by atoms with van der Waals surface area (Å²) in [6, 6.07) is 6.15. The highest BCUT2D eigenvalue weighted by atomic mass is 32.2. The molecule has 0 radical (unpaired) electrons. The molecule has 0 amide bonds. The van der Waals surface area contributed by atoms with Crippen LogP contribution in [0.4, 0.5) is 0 Å². The molecule has 2 rings (SSSR count). The van der Waals surface area contributed by atoms with Crippen molar-refractivity contribution >= 4 is 17.7 Å². The quantitative estimate of drug-likeness (QED) is 0.609. The van der Waals surface area contributed by atoms with Gasteiger partial charge < -0.3 is 20.1 Å². The molecule has 1 aliphatic heterocycles. The molecule has 5 nitrogen and oxygen atoms in total. The number of fused-ring (bicyclic) bond motifs is 1. The van der Waals surface area contributed by atoms with Crippen LogP contribution in [-0.4, -0.2) is 43.9 Å². The van der Waals surface area contributed by atoms with E-state index in [9.17, 15) is 0 Å². The van der Waals surface area contributed by atoms with Gasteiger partial charge in [-0.25, -0.2) is 0 Å². The van der Waals surface area contributed by atoms with Gasteiger partial charge in [0, 0.05) is 30.3 Å². The van der Waals surface area contributed by atoms with Crippen LogP contribution in [0.5, 0.6) is 11.5 Å². The summed E-state index contributed by atoms with van der Waals surface area (Å²) in [4.78, 5) is 4.32. The fraction of sp³-hybridized carbons (Fsp3) is 0.611. The topological polar surface area (TPSA) is 54.9 Å². The van der Waals surface area contributed by atoms with Gasteiger partial charge in [-0.2, -0.15) is 11.8 Å². The summed E-state index contributed by atoms with van der Waals surface area (Å²) in [5, 5.41) is 6.83. The first kappa shape index (κ1) is 18.8. The Morgan fingerprint density at radius 3 is 2.46 bits per heavy atom. The van der Waals surface area contributed by atoms with E-state index in [0.29, 0.717) is 6.79 Å². The summed E-state index contributed by atoms with van der Waals surface area (Å²) in [7, 11) is 1.80. The second kappa shape index (κ2) is 7.55. The molecule has 6 heteroatoms. The van der Waals surface area contributed by atoms with Gasteiger partial charge in [0.05, 0.1) is 0 Å². The lowest BCUT2D eigenvalue weighted by Crippen LogP contribution is -2.46. The number of hydrogen-bond acceptors (Lipinski definition) is 4. The molecule has 0 fully saturated rings. The zero-order valence-electron chi connectivity index (χ0n) is 15.5. The van der Waals surface area contributed by atoms with Crippen molar-refractivity contribution in [2.24, 2.45) is 4.99 Å². The number of nitrogens with zero attached hydrogens (tertiary/aromatic N) is 1. The Labute approximate surface area is 149 Å². The molecule has 0 bridgehead atoms. The van der Waals surface area contributed by atoms with E-state index in [2.05, 4.69) is 61.7 Å². The number of nitrogens with one attached hydrogen (secondary N) is 2. The van der Waals surface area contributed by atoms with E-state index in [1.54, 1.807) is 7.05 Å². The predicted octanol–water partition coefficient (Wildman–Crippen LogP) is 3.00. The minimum absolute atomic E-state index is 0.0619. The molecule has 0 aliphatic carbocycles. The highest BCUT2D eigenvalue weighted by Crippen LogP contribution is 2.36. The summed E-state index contributed by atoms with van der Waals surface area (Å²) >= 11 is 1.84. The molecule has 0 saturated heterocycles. The average molecular weight is 352 g/mol. The standard InChI is InChI=1S/C18H29N3O2S/c1-17(2,13-7-8-14-15(9-13)23-12-22-14)10-20-16(19-5)21-11-18(3,4)24-6/h7-9H,10-12H2,1-6H3,(H2,19,20,21). The molecule has 1 aliphatic rings. The van der Waals surface area contributed by atoms with Crippen molar-refractivity contribution in [1.82, 2.24) is 10.6 Å². The first-order valence-corrected chi connectivity index (χ1v) is 9.40. The van der Waals surface area contributed by atoms with Gasteiger partial charge in [-0.3, -0.25) is 4.99 Å². The van der Waals surface area contributed by atoms with E-state index in [-0.39, 0.29) is 10.2 Å². The Hall–Kier alpha value is -1.56.